The zero-order valence-corrected chi connectivity index (χ0v) is 18.4. The number of aliphatic hydroxyl groups is 1. The van der Waals surface area contributed by atoms with Gasteiger partial charge >= 0.3 is 0 Å². The van der Waals surface area contributed by atoms with E-state index in [-0.39, 0.29) is 0 Å². The van der Waals surface area contributed by atoms with Crippen LogP contribution in [0.2, 0.25) is 6.82 Å². The molecule has 29 heavy (non-hydrogen) atoms. The number of hydrogen-bond donors (Lipinski definition) is 1. The van der Waals surface area contributed by atoms with Crippen molar-refractivity contribution >= 4 is 29.5 Å². The summed E-state index contributed by atoms with van der Waals surface area (Å²) in [6, 6.07) is 6.85. The van der Waals surface area contributed by atoms with Crippen LogP contribution < -0.4 is 10.4 Å². The minimum Gasteiger partial charge on any atom is -0.396 e. The van der Waals surface area contributed by atoms with Gasteiger partial charge < -0.3 is 14.6 Å². The van der Waals surface area contributed by atoms with Crippen molar-refractivity contribution in [2.24, 2.45) is 5.92 Å². The van der Waals surface area contributed by atoms with Crippen molar-refractivity contribution in [3.8, 4) is 5.69 Å². The van der Waals surface area contributed by atoms with Crippen LogP contribution in [0.15, 0.2) is 24.4 Å². The lowest BCUT2D eigenvalue weighted by Gasteiger charge is -2.33. The highest BCUT2D eigenvalue weighted by Crippen LogP contribution is 2.35. The molecule has 0 unspecified atom stereocenters. The molecule has 0 saturated carbocycles. The number of anilines is 1. The Kier molecular flexibility index (Phi) is 5.43. The first-order valence-corrected chi connectivity index (χ1v) is 10.9. The smallest absolute Gasteiger partial charge is 0.154 e. The summed E-state index contributed by atoms with van der Waals surface area (Å²) in [5, 5.41) is 10.8. The topological polar surface area (TPSA) is 41.3 Å². The fourth-order valence-electron chi connectivity index (χ4n) is 4.92. The Morgan fingerprint density at radius 3 is 2.28 bits per heavy atom. The van der Waals surface area contributed by atoms with Crippen LogP contribution in [0.3, 0.4) is 0 Å². The summed E-state index contributed by atoms with van der Waals surface area (Å²) in [5.74, 6) is 0.442. The third-order valence-electron chi connectivity index (χ3n) is 6.47. The van der Waals surface area contributed by atoms with Gasteiger partial charge in [0, 0.05) is 42.7 Å². The Hall–Kier alpha value is -2.27. The number of fused-ring (bicyclic) bond motifs is 1. The maximum Gasteiger partial charge on any atom is 0.154 e. The van der Waals surface area contributed by atoms with Crippen molar-refractivity contribution < 1.29 is 5.11 Å². The van der Waals surface area contributed by atoms with Crippen LogP contribution in [-0.2, 0) is 0 Å². The summed E-state index contributed by atoms with van der Waals surface area (Å²) in [6.07, 6.45) is 4.35. The molecule has 1 aliphatic rings. The molecule has 0 radical (unpaired) electrons. The molecule has 1 N–H and O–H groups in total. The molecule has 0 aliphatic carbocycles. The first-order chi connectivity index (χ1) is 13.9. The minimum absolute atomic E-state index is 0.306. The molecule has 1 saturated heterocycles. The van der Waals surface area contributed by atoms with Gasteiger partial charge in [0.1, 0.15) is 5.65 Å². The largest absolute Gasteiger partial charge is 0.396 e. The first-order valence-electron chi connectivity index (χ1n) is 10.9. The number of aryl methyl sites for hydroxylation is 4. The van der Waals surface area contributed by atoms with Crippen molar-refractivity contribution in [1.29, 1.82) is 0 Å². The molecule has 4 rings (SSSR count). The second-order valence-electron chi connectivity index (χ2n) is 8.71. The van der Waals surface area contributed by atoms with Gasteiger partial charge in [0.25, 0.3) is 0 Å². The van der Waals surface area contributed by atoms with Crippen molar-refractivity contribution in [1.82, 2.24) is 9.55 Å². The molecule has 152 valence electrons. The van der Waals surface area contributed by atoms with Crippen LogP contribution >= 0.6 is 0 Å². The molecule has 5 heteroatoms. The molecule has 3 heterocycles. The normalized spacial score (nSPS) is 15.3. The number of aliphatic hydroxyl groups excluding tert-OH is 1. The summed E-state index contributed by atoms with van der Waals surface area (Å²) < 4.78 is 2.30. The van der Waals surface area contributed by atoms with E-state index < -0.39 is 0 Å². The van der Waals surface area contributed by atoms with Gasteiger partial charge in [-0.2, -0.15) is 0 Å². The number of nitrogens with zero attached hydrogens (tertiary/aromatic N) is 3. The van der Waals surface area contributed by atoms with Crippen molar-refractivity contribution in [2.45, 2.75) is 47.4 Å². The van der Waals surface area contributed by atoms with Gasteiger partial charge in [-0.3, -0.25) is 0 Å². The Labute approximate surface area is 174 Å². The van der Waals surface area contributed by atoms with E-state index in [4.69, 9.17) is 4.98 Å². The zero-order valence-electron chi connectivity index (χ0n) is 18.4. The maximum absolute atomic E-state index is 9.49. The summed E-state index contributed by atoms with van der Waals surface area (Å²) in [6.45, 7) is 13.2. The van der Waals surface area contributed by atoms with Crippen molar-refractivity contribution in [2.75, 3.05) is 24.6 Å². The van der Waals surface area contributed by atoms with E-state index in [1.165, 1.54) is 38.9 Å². The van der Waals surface area contributed by atoms with E-state index in [1.54, 1.807) is 0 Å². The van der Waals surface area contributed by atoms with Gasteiger partial charge in [0.05, 0.1) is 5.69 Å². The lowest BCUT2D eigenvalue weighted by atomic mass is 9.72. The van der Waals surface area contributed by atoms with Crippen LogP contribution in [0.1, 0.15) is 35.2 Å². The SMILES string of the molecule is CBc1cc(C)c(-n2cc(C)c3c(N4CCC(CO)CC4)cc(C)nc32)c(C)c1. The lowest BCUT2D eigenvalue weighted by molar-refractivity contribution is 0.203. The number of piperidine rings is 1. The van der Waals surface area contributed by atoms with Gasteiger partial charge in [-0.05, 0) is 69.2 Å². The molecule has 0 amide bonds. The summed E-state index contributed by atoms with van der Waals surface area (Å²) >= 11 is 0. The average Bonchev–Trinajstić information content (AvgIpc) is 3.02. The van der Waals surface area contributed by atoms with E-state index in [9.17, 15) is 5.11 Å². The highest BCUT2D eigenvalue weighted by Gasteiger charge is 2.23. The summed E-state index contributed by atoms with van der Waals surface area (Å²) in [5.41, 5.74) is 9.90. The fraction of sp³-hybridized carbons (Fsp3) is 0.458. The molecule has 1 fully saturated rings. The van der Waals surface area contributed by atoms with Crippen LogP contribution in [0.25, 0.3) is 16.7 Å². The van der Waals surface area contributed by atoms with Gasteiger partial charge in [-0.25, -0.2) is 4.98 Å². The second kappa shape index (κ2) is 7.87. The van der Waals surface area contributed by atoms with Crippen LogP contribution in [0.5, 0.6) is 0 Å². The third-order valence-corrected chi connectivity index (χ3v) is 6.47. The monoisotopic (exact) mass is 389 g/mol. The van der Waals surface area contributed by atoms with E-state index in [2.05, 4.69) is 68.4 Å². The number of pyridine rings is 1. The highest BCUT2D eigenvalue weighted by molar-refractivity contribution is 6.52. The molecule has 0 atom stereocenters. The molecule has 2 aromatic heterocycles. The summed E-state index contributed by atoms with van der Waals surface area (Å²) in [7, 11) is 1.05. The third kappa shape index (κ3) is 3.57. The minimum atomic E-state index is 0.306. The molecule has 0 spiro atoms. The molecule has 1 aromatic carbocycles. The van der Waals surface area contributed by atoms with Gasteiger partial charge in [-0.15, -0.1) is 0 Å². The Morgan fingerprint density at radius 1 is 1.03 bits per heavy atom. The molecule has 4 nitrogen and oxygen atoms in total. The molecule has 3 aromatic rings. The Morgan fingerprint density at radius 2 is 1.69 bits per heavy atom. The lowest BCUT2D eigenvalue weighted by Crippen LogP contribution is -2.35. The van der Waals surface area contributed by atoms with E-state index in [0.717, 1.165) is 44.6 Å². The molecular formula is C24H32BN3O. The van der Waals surface area contributed by atoms with Crippen LogP contribution in [0.4, 0.5) is 5.69 Å². The maximum atomic E-state index is 9.49. The Bertz CT molecular complexity index is 1020. The quantitative estimate of drug-likeness (QED) is 0.694. The van der Waals surface area contributed by atoms with Crippen molar-refractivity contribution in [3.63, 3.8) is 0 Å². The number of benzene rings is 1. The Balaban J connectivity index is 1.87. The molecule has 1 aliphatic heterocycles. The predicted octanol–water partition coefficient (Wildman–Crippen LogP) is 3.58. The fourth-order valence-corrected chi connectivity index (χ4v) is 4.92. The molecule has 0 bridgehead atoms. The van der Waals surface area contributed by atoms with Crippen LogP contribution in [-0.4, -0.2) is 41.6 Å². The van der Waals surface area contributed by atoms with Crippen molar-refractivity contribution in [3.05, 3.63) is 46.8 Å². The van der Waals surface area contributed by atoms with Gasteiger partial charge in [0.2, 0.25) is 0 Å². The van der Waals surface area contributed by atoms with E-state index in [1.807, 2.05) is 0 Å². The zero-order chi connectivity index (χ0) is 20.7. The van der Waals surface area contributed by atoms with Crippen LogP contribution in [0, 0.1) is 33.6 Å². The predicted molar refractivity (Wildman–Crippen MR) is 125 cm³/mol. The van der Waals surface area contributed by atoms with Gasteiger partial charge in [-0.1, -0.05) is 24.4 Å². The number of rotatable bonds is 4. The molecular weight excluding hydrogens is 357 g/mol. The standard InChI is InChI=1S/C24H32BN3O/c1-15-10-20(25-5)11-16(2)23(15)28-13-17(3)22-21(12-18(4)26-24(22)28)27-8-6-19(14-29)7-9-27/h10-13,19,25,29H,6-9,14H2,1-5H3. The highest BCUT2D eigenvalue weighted by atomic mass is 16.3. The van der Waals surface area contributed by atoms with Gasteiger partial charge in [0.15, 0.2) is 7.28 Å². The first kappa shape index (κ1) is 20.0. The number of hydrogen-bond acceptors (Lipinski definition) is 3. The summed E-state index contributed by atoms with van der Waals surface area (Å²) in [4.78, 5) is 7.47. The van der Waals surface area contributed by atoms with E-state index in [0.29, 0.717) is 12.5 Å². The average molecular weight is 389 g/mol. The second-order valence-corrected chi connectivity index (χ2v) is 8.71. The van der Waals surface area contributed by atoms with E-state index >= 15 is 0 Å². The number of aromatic nitrogens is 2.